The SMILES string of the molecule is CN(CC1(O)CC(CN)C1)C1CC(c2ccccc2)C1. The summed E-state index contributed by atoms with van der Waals surface area (Å²) in [5, 5.41) is 10.4. The summed E-state index contributed by atoms with van der Waals surface area (Å²) < 4.78 is 0. The topological polar surface area (TPSA) is 49.5 Å². The molecule has 1 aromatic rings. The van der Waals surface area contributed by atoms with Crippen LogP contribution in [-0.2, 0) is 0 Å². The van der Waals surface area contributed by atoms with E-state index in [0.717, 1.165) is 19.4 Å². The molecule has 0 unspecified atom stereocenters. The van der Waals surface area contributed by atoms with E-state index in [2.05, 4.69) is 42.3 Å². The highest BCUT2D eigenvalue weighted by molar-refractivity contribution is 5.22. The zero-order valence-corrected chi connectivity index (χ0v) is 12.3. The van der Waals surface area contributed by atoms with Crippen molar-refractivity contribution in [2.24, 2.45) is 11.7 Å². The van der Waals surface area contributed by atoms with E-state index < -0.39 is 5.60 Å². The van der Waals surface area contributed by atoms with Crippen molar-refractivity contribution in [3.05, 3.63) is 35.9 Å². The highest BCUT2D eigenvalue weighted by Crippen LogP contribution is 2.42. The van der Waals surface area contributed by atoms with E-state index in [4.69, 9.17) is 5.73 Å². The maximum Gasteiger partial charge on any atom is 0.0780 e. The van der Waals surface area contributed by atoms with E-state index in [9.17, 15) is 5.11 Å². The second-order valence-electron chi connectivity index (χ2n) is 6.88. The van der Waals surface area contributed by atoms with Gasteiger partial charge in [-0.3, -0.25) is 0 Å². The summed E-state index contributed by atoms with van der Waals surface area (Å²) >= 11 is 0. The summed E-state index contributed by atoms with van der Waals surface area (Å²) in [4.78, 5) is 2.35. The Kier molecular flexibility index (Phi) is 3.85. The van der Waals surface area contributed by atoms with E-state index >= 15 is 0 Å². The van der Waals surface area contributed by atoms with Crippen molar-refractivity contribution < 1.29 is 5.11 Å². The number of hydrogen-bond acceptors (Lipinski definition) is 3. The lowest BCUT2D eigenvalue weighted by atomic mass is 9.69. The van der Waals surface area contributed by atoms with Gasteiger partial charge in [-0.15, -0.1) is 0 Å². The van der Waals surface area contributed by atoms with Crippen LogP contribution in [0.2, 0.25) is 0 Å². The molecule has 3 nitrogen and oxygen atoms in total. The van der Waals surface area contributed by atoms with Gasteiger partial charge in [-0.05, 0) is 56.7 Å². The van der Waals surface area contributed by atoms with Gasteiger partial charge in [0, 0.05) is 12.6 Å². The summed E-state index contributed by atoms with van der Waals surface area (Å²) in [6.07, 6.45) is 4.19. The van der Waals surface area contributed by atoms with Gasteiger partial charge in [0.1, 0.15) is 0 Å². The molecule has 3 heteroatoms. The van der Waals surface area contributed by atoms with Crippen LogP contribution in [0.5, 0.6) is 0 Å². The molecule has 2 aliphatic carbocycles. The summed E-state index contributed by atoms with van der Waals surface area (Å²) in [7, 11) is 2.15. The fourth-order valence-electron chi connectivity index (χ4n) is 3.85. The molecule has 20 heavy (non-hydrogen) atoms. The lowest BCUT2D eigenvalue weighted by molar-refractivity contribution is -0.0976. The number of rotatable bonds is 5. The zero-order chi connectivity index (χ0) is 14.2. The monoisotopic (exact) mass is 274 g/mol. The van der Waals surface area contributed by atoms with Gasteiger partial charge in [-0.25, -0.2) is 0 Å². The normalized spacial score (nSPS) is 36.5. The van der Waals surface area contributed by atoms with E-state index in [0.29, 0.717) is 24.4 Å². The van der Waals surface area contributed by atoms with Crippen LogP contribution in [0.3, 0.4) is 0 Å². The minimum Gasteiger partial charge on any atom is -0.389 e. The van der Waals surface area contributed by atoms with Crippen LogP contribution in [-0.4, -0.2) is 41.8 Å². The van der Waals surface area contributed by atoms with Crippen LogP contribution in [0.25, 0.3) is 0 Å². The van der Waals surface area contributed by atoms with Gasteiger partial charge in [0.15, 0.2) is 0 Å². The van der Waals surface area contributed by atoms with Crippen LogP contribution >= 0.6 is 0 Å². The van der Waals surface area contributed by atoms with Crippen LogP contribution in [0.1, 0.15) is 37.2 Å². The molecular formula is C17H26N2O. The van der Waals surface area contributed by atoms with Gasteiger partial charge in [0.05, 0.1) is 5.60 Å². The number of benzene rings is 1. The van der Waals surface area contributed by atoms with Gasteiger partial charge >= 0.3 is 0 Å². The first-order valence-corrected chi connectivity index (χ1v) is 7.77. The molecule has 1 aromatic carbocycles. The first-order valence-electron chi connectivity index (χ1n) is 7.77. The molecule has 3 N–H and O–H groups in total. The number of aliphatic hydroxyl groups is 1. The summed E-state index contributed by atoms with van der Waals surface area (Å²) in [6.45, 7) is 1.52. The number of likely N-dealkylation sites (N-methyl/N-ethyl adjacent to an activating group) is 1. The fourth-order valence-corrected chi connectivity index (χ4v) is 3.85. The number of hydrogen-bond donors (Lipinski definition) is 2. The third kappa shape index (κ3) is 2.76. The highest BCUT2D eigenvalue weighted by Gasteiger charge is 2.44. The summed E-state index contributed by atoms with van der Waals surface area (Å²) in [5.74, 6) is 1.24. The number of nitrogens with two attached hydrogens (primary N) is 1. The van der Waals surface area contributed by atoms with E-state index in [-0.39, 0.29) is 0 Å². The molecule has 110 valence electrons. The Morgan fingerprint density at radius 1 is 1.25 bits per heavy atom. The maximum absolute atomic E-state index is 10.4. The molecule has 2 saturated carbocycles. The van der Waals surface area contributed by atoms with Crippen molar-refractivity contribution in [2.75, 3.05) is 20.1 Å². The molecule has 0 heterocycles. The van der Waals surface area contributed by atoms with Crippen LogP contribution in [0, 0.1) is 5.92 Å². The van der Waals surface area contributed by atoms with Crippen molar-refractivity contribution in [3.8, 4) is 0 Å². The van der Waals surface area contributed by atoms with Gasteiger partial charge in [-0.1, -0.05) is 30.3 Å². The van der Waals surface area contributed by atoms with Gasteiger partial charge in [0.2, 0.25) is 0 Å². The second kappa shape index (κ2) is 5.47. The van der Waals surface area contributed by atoms with Gasteiger partial charge < -0.3 is 15.7 Å². The van der Waals surface area contributed by atoms with Crippen molar-refractivity contribution in [1.82, 2.24) is 4.90 Å². The maximum atomic E-state index is 10.4. The largest absolute Gasteiger partial charge is 0.389 e. The van der Waals surface area contributed by atoms with Gasteiger partial charge in [-0.2, -0.15) is 0 Å². The Hall–Kier alpha value is -0.900. The lowest BCUT2D eigenvalue weighted by Gasteiger charge is -2.49. The molecule has 3 rings (SSSR count). The average Bonchev–Trinajstić information content (AvgIpc) is 2.35. The summed E-state index contributed by atoms with van der Waals surface area (Å²) in [6, 6.07) is 11.4. The number of nitrogens with zero attached hydrogens (tertiary/aromatic N) is 1. The van der Waals surface area contributed by atoms with Gasteiger partial charge in [0.25, 0.3) is 0 Å². The molecule has 0 aliphatic heterocycles. The fraction of sp³-hybridized carbons (Fsp3) is 0.647. The lowest BCUT2D eigenvalue weighted by Crippen LogP contribution is -2.56. The Morgan fingerprint density at radius 3 is 2.50 bits per heavy atom. The van der Waals surface area contributed by atoms with Crippen LogP contribution < -0.4 is 5.73 Å². The molecule has 2 fully saturated rings. The minimum absolute atomic E-state index is 0.476. The molecule has 0 bridgehead atoms. The molecular weight excluding hydrogens is 248 g/mol. The highest BCUT2D eigenvalue weighted by atomic mass is 16.3. The predicted octanol–water partition coefficient (Wildman–Crippen LogP) is 1.96. The van der Waals surface area contributed by atoms with E-state index in [1.54, 1.807) is 0 Å². The van der Waals surface area contributed by atoms with Crippen LogP contribution in [0.15, 0.2) is 30.3 Å². The molecule has 0 spiro atoms. The van der Waals surface area contributed by atoms with Crippen molar-refractivity contribution in [3.63, 3.8) is 0 Å². The average molecular weight is 274 g/mol. The second-order valence-corrected chi connectivity index (χ2v) is 6.88. The molecule has 0 amide bonds. The quantitative estimate of drug-likeness (QED) is 0.863. The third-order valence-electron chi connectivity index (χ3n) is 5.22. The van der Waals surface area contributed by atoms with Crippen LogP contribution in [0.4, 0.5) is 0 Å². The standard InChI is InChI=1S/C17H26N2O/c1-19(12-17(20)9-13(10-17)11-18)16-7-15(8-16)14-5-3-2-4-6-14/h2-6,13,15-16,20H,7-12,18H2,1H3. The Morgan fingerprint density at radius 2 is 1.90 bits per heavy atom. The Bertz CT molecular complexity index is 436. The first kappa shape index (κ1) is 14.1. The minimum atomic E-state index is -0.476. The molecule has 0 atom stereocenters. The van der Waals surface area contributed by atoms with Crippen molar-refractivity contribution in [1.29, 1.82) is 0 Å². The molecule has 0 saturated heterocycles. The van der Waals surface area contributed by atoms with Crippen molar-refractivity contribution in [2.45, 2.75) is 43.2 Å². The van der Waals surface area contributed by atoms with Crippen molar-refractivity contribution >= 4 is 0 Å². The Balaban J connectivity index is 1.46. The molecule has 0 radical (unpaired) electrons. The summed E-state index contributed by atoms with van der Waals surface area (Å²) in [5.41, 5.74) is 6.63. The van der Waals surface area contributed by atoms with E-state index in [1.807, 2.05) is 0 Å². The first-order chi connectivity index (χ1) is 9.59. The third-order valence-corrected chi connectivity index (χ3v) is 5.22. The Labute approximate surface area is 121 Å². The van der Waals surface area contributed by atoms with E-state index in [1.165, 1.54) is 18.4 Å². The zero-order valence-electron chi connectivity index (χ0n) is 12.3. The predicted molar refractivity (Wildman–Crippen MR) is 81.6 cm³/mol. The smallest absolute Gasteiger partial charge is 0.0780 e. The molecule has 2 aliphatic rings. The molecule has 0 aromatic heterocycles.